The molecular formula is C36H52N6O6. The van der Waals surface area contributed by atoms with Crippen LogP contribution in [0.1, 0.15) is 68.9 Å². The molecule has 0 radical (unpaired) electrons. The van der Waals surface area contributed by atoms with Gasteiger partial charge in [0.1, 0.15) is 24.2 Å². The Labute approximate surface area is 283 Å². The summed E-state index contributed by atoms with van der Waals surface area (Å²) >= 11 is 0. The van der Waals surface area contributed by atoms with E-state index in [0.717, 1.165) is 43.9 Å². The lowest BCUT2D eigenvalue weighted by Gasteiger charge is -2.28. The van der Waals surface area contributed by atoms with Crippen molar-refractivity contribution in [2.45, 2.75) is 84.6 Å². The Balaban J connectivity index is 1.62. The number of hydrogen-bond acceptors (Lipinski definition) is 7. The topological polar surface area (TPSA) is 169 Å². The van der Waals surface area contributed by atoms with E-state index in [2.05, 4.69) is 31.5 Å². The highest BCUT2D eigenvalue weighted by atomic mass is 16.4. The number of carbonyl (C=O) groups is 5. The number of carboxylic acids is 1. The summed E-state index contributed by atoms with van der Waals surface area (Å²) < 4.78 is 0. The Hall–Kier alpha value is -4.29. The molecule has 48 heavy (non-hydrogen) atoms. The molecule has 0 aliphatic carbocycles. The number of carbonyl (C=O) groups excluding carboxylic acids is 4. The van der Waals surface area contributed by atoms with E-state index in [1.807, 2.05) is 39.0 Å². The molecule has 12 heteroatoms. The summed E-state index contributed by atoms with van der Waals surface area (Å²) in [5, 5.41) is 24.0. The minimum Gasteiger partial charge on any atom is -0.480 e. The van der Waals surface area contributed by atoms with Crippen molar-refractivity contribution >= 4 is 29.6 Å². The van der Waals surface area contributed by atoms with Crippen molar-refractivity contribution in [3.05, 3.63) is 71.3 Å². The molecular weight excluding hydrogens is 612 g/mol. The van der Waals surface area contributed by atoms with E-state index in [9.17, 15) is 29.1 Å². The summed E-state index contributed by atoms with van der Waals surface area (Å²) in [4.78, 5) is 67.5. The minimum atomic E-state index is -1.19. The number of benzene rings is 2. The van der Waals surface area contributed by atoms with Gasteiger partial charge in [-0.15, -0.1) is 0 Å². The van der Waals surface area contributed by atoms with E-state index in [1.54, 1.807) is 50.2 Å². The molecule has 262 valence electrons. The molecule has 0 unspecified atom stereocenters. The summed E-state index contributed by atoms with van der Waals surface area (Å²) in [6, 6.07) is 12.1. The van der Waals surface area contributed by atoms with Gasteiger partial charge in [0.05, 0.1) is 0 Å². The fourth-order valence-electron chi connectivity index (χ4n) is 5.50. The maximum Gasteiger partial charge on any atom is 0.326 e. The number of amides is 4. The number of piperazine rings is 1. The normalized spacial score (nSPS) is 16.5. The van der Waals surface area contributed by atoms with Crippen LogP contribution < -0.4 is 26.6 Å². The van der Waals surface area contributed by atoms with Crippen molar-refractivity contribution in [3.8, 4) is 0 Å². The van der Waals surface area contributed by atoms with Crippen molar-refractivity contribution in [1.82, 2.24) is 31.5 Å². The molecule has 0 spiro atoms. The van der Waals surface area contributed by atoms with Gasteiger partial charge in [-0.2, -0.15) is 0 Å². The minimum absolute atomic E-state index is 0.0174. The molecule has 2 aromatic carbocycles. The van der Waals surface area contributed by atoms with Gasteiger partial charge in [0.25, 0.3) is 5.91 Å². The van der Waals surface area contributed by atoms with Crippen molar-refractivity contribution in [2.75, 3.05) is 26.2 Å². The van der Waals surface area contributed by atoms with Crippen LogP contribution in [0.15, 0.2) is 54.6 Å². The molecule has 0 bridgehead atoms. The molecule has 12 nitrogen and oxygen atoms in total. The summed E-state index contributed by atoms with van der Waals surface area (Å²) in [5.74, 6) is -3.62. The second-order valence-corrected chi connectivity index (χ2v) is 13.1. The van der Waals surface area contributed by atoms with Gasteiger partial charge in [0.2, 0.25) is 17.7 Å². The highest BCUT2D eigenvalue weighted by Gasteiger charge is 2.33. The number of nitrogens with zero attached hydrogens (tertiary/aromatic N) is 1. The third kappa shape index (κ3) is 12.1. The van der Waals surface area contributed by atoms with E-state index >= 15 is 0 Å². The first-order chi connectivity index (χ1) is 22.9. The van der Waals surface area contributed by atoms with Crippen molar-refractivity contribution in [3.63, 3.8) is 0 Å². The zero-order valence-corrected chi connectivity index (χ0v) is 28.8. The van der Waals surface area contributed by atoms with Gasteiger partial charge < -0.3 is 31.7 Å². The number of nitrogens with one attached hydrogen (secondary N) is 5. The molecule has 3 rings (SSSR count). The van der Waals surface area contributed by atoms with Crippen LogP contribution in [0.25, 0.3) is 0 Å². The highest BCUT2D eigenvalue weighted by Crippen LogP contribution is 2.13. The van der Waals surface area contributed by atoms with E-state index in [0.29, 0.717) is 12.0 Å². The van der Waals surface area contributed by atoms with Gasteiger partial charge in [-0.25, -0.2) is 4.79 Å². The summed E-state index contributed by atoms with van der Waals surface area (Å²) in [5.41, 5.74) is 2.27. The molecule has 1 fully saturated rings. The molecule has 1 aliphatic heterocycles. The number of aliphatic carboxylic acids is 1. The predicted octanol–water partition coefficient (Wildman–Crippen LogP) is 2.08. The van der Waals surface area contributed by atoms with E-state index in [4.69, 9.17) is 0 Å². The van der Waals surface area contributed by atoms with Gasteiger partial charge in [0, 0.05) is 44.7 Å². The Bertz CT molecular complexity index is 1360. The third-order valence-corrected chi connectivity index (χ3v) is 8.60. The quantitative estimate of drug-likeness (QED) is 0.149. The van der Waals surface area contributed by atoms with Gasteiger partial charge >= 0.3 is 5.97 Å². The molecule has 1 aliphatic rings. The van der Waals surface area contributed by atoms with E-state index in [-0.39, 0.29) is 24.7 Å². The molecule has 5 atom stereocenters. The lowest BCUT2D eigenvalue weighted by molar-refractivity contribution is -0.142. The average Bonchev–Trinajstić information content (AvgIpc) is 3.06. The van der Waals surface area contributed by atoms with Crippen LogP contribution in [0, 0.1) is 11.8 Å². The molecule has 2 aromatic rings. The number of hydrogen-bond donors (Lipinski definition) is 6. The molecule has 1 heterocycles. The third-order valence-electron chi connectivity index (χ3n) is 8.60. The summed E-state index contributed by atoms with van der Waals surface area (Å²) in [6.45, 7) is 13.7. The fourth-order valence-corrected chi connectivity index (χ4v) is 5.50. The molecule has 4 amide bonds. The first kappa shape index (κ1) is 38.2. The first-order valence-electron chi connectivity index (χ1n) is 16.9. The fraction of sp³-hybridized carbons (Fsp3) is 0.528. The van der Waals surface area contributed by atoms with Crippen LogP contribution in [0.3, 0.4) is 0 Å². The van der Waals surface area contributed by atoms with Crippen LogP contribution in [0.5, 0.6) is 0 Å². The van der Waals surface area contributed by atoms with Gasteiger partial charge in [-0.3, -0.25) is 24.1 Å². The molecule has 0 saturated carbocycles. The Morgan fingerprint density at radius 3 is 1.98 bits per heavy atom. The lowest BCUT2D eigenvalue weighted by atomic mass is 9.96. The zero-order chi connectivity index (χ0) is 35.2. The Morgan fingerprint density at radius 1 is 0.771 bits per heavy atom. The first-order valence-corrected chi connectivity index (χ1v) is 16.9. The van der Waals surface area contributed by atoms with Gasteiger partial charge in [-0.05, 0) is 48.4 Å². The lowest BCUT2D eigenvalue weighted by Crippen LogP contribution is -2.59. The molecule has 0 aromatic heterocycles. The van der Waals surface area contributed by atoms with Crippen LogP contribution in [-0.2, 0) is 32.1 Å². The van der Waals surface area contributed by atoms with E-state index < -0.39 is 53.8 Å². The van der Waals surface area contributed by atoms with Crippen molar-refractivity contribution < 1.29 is 29.1 Å². The summed E-state index contributed by atoms with van der Waals surface area (Å²) in [6.07, 6.45) is 0.905. The van der Waals surface area contributed by atoms with Crippen LogP contribution in [0.4, 0.5) is 0 Å². The van der Waals surface area contributed by atoms with Crippen molar-refractivity contribution in [2.24, 2.45) is 11.8 Å². The number of rotatable bonds is 17. The largest absolute Gasteiger partial charge is 0.480 e. The monoisotopic (exact) mass is 664 g/mol. The van der Waals surface area contributed by atoms with Crippen LogP contribution in [-0.4, -0.2) is 90.0 Å². The zero-order valence-electron chi connectivity index (χ0n) is 28.8. The second kappa shape index (κ2) is 18.9. The molecule has 1 saturated heterocycles. The Kier molecular flexibility index (Phi) is 15.0. The van der Waals surface area contributed by atoms with Gasteiger partial charge in [0.15, 0.2) is 0 Å². The van der Waals surface area contributed by atoms with Crippen molar-refractivity contribution in [1.29, 1.82) is 0 Å². The maximum absolute atomic E-state index is 13.6. The van der Waals surface area contributed by atoms with E-state index in [1.165, 1.54) is 0 Å². The Morgan fingerprint density at radius 2 is 1.40 bits per heavy atom. The SMILES string of the molecule is CC[C@H](C)[C@H](NC(=O)[C@H](CC(C)C)NC(=O)[C@H](C)NC(=O)c1ccc(CN2CCNCC2)cc1)C(=O)N[C@@H](Cc1ccccc1)C(=O)O. The molecule has 6 N–H and O–H groups in total. The summed E-state index contributed by atoms with van der Waals surface area (Å²) in [7, 11) is 0. The standard InChI is InChI=1S/C36H52N6O6/c1-6-24(4)31(35(46)40-30(36(47)48)21-26-10-8-7-9-11-26)41-34(45)29(20-23(2)3)39-32(43)25(5)38-33(44)28-14-12-27(13-15-28)22-42-18-16-37-17-19-42/h7-15,23-25,29-31,37H,6,16-22H2,1-5H3,(H,38,44)(H,39,43)(H,40,46)(H,41,45)(H,47,48)/t24-,25-,29-,30-,31-/m0/s1. The predicted molar refractivity (Wildman–Crippen MR) is 184 cm³/mol. The van der Waals surface area contributed by atoms with Crippen LogP contribution in [0.2, 0.25) is 0 Å². The number of carboxylic acid groups (broad SMARTS) is 1. The maximum atomic E-state index is 13.6. The van der Waals surface area contributed by atoms with Crippen LogP contribution >= 0.6 is 0 Å². The highest BCUT2D eigenvalue weighted by molar-refractivity contribution is 5.98. The van der Waals surface area contributed by atoms with Gasteiger partial charge in [-0.1, -0.05) is 76.6 Å². The smallest absolute Gasteiger partial charge is 0.326 e. The second-order valence-electron chi connectivity index (χ2n) is 13.1. The average molecular weight is 665 g/mol.